The number of carbonyl (C=O) groups is 2. The van der Waals surface area contributed by atoms with E-state index < -0.39 is 6.04 Å². The summed E-state index contributed by atoms with van der Waals surface area (Å²) in [6.07, 6.45) is 1.13. The van der Waals surface area contributed by atoms with E-state index in [1.165, 1.54) is 16.0 Å². The lowest BCUT2D eigenvalue weighted by molar-refractivity contribution is -0.123. The number of nitrogens with zero attached hydrogens (tertiary/aromatic N) is 2. The minimum atomic E-state index is -0.397. The zero-order valence-electron chi connectivity index (χ0n) is 16.5. The quantitative estimate of drug-likeness (QED) is 0.619. The Kier molecular flexibility index (Phi) is 4.81. The van der Waals surface area contributed by atoms with E-state index >= 15 is 0 Å². The third-order valence-electron chi connectivity index (χ3n) is 5.80. The largest absolute Gasteiger partial charge is 0.457 e. The zero-order chi connectivity index (χ0) is 20.5. The lowest BCUT2D eigenvalue weighted by atomic mass is 9.98. The topological polar surface area (TPSA) is 49.9 Å². The number of rotatable bonds is 4. The maximum Gasteiger partial charge on any atom is 0.251 e. The van der Waals surface area contributed by atoms with E-state index in [-0.39, 0.29) is 18.2 Å². The van der Waals surface area contributed by atoms with Gasteiger partial charge >= 0.3 is 0 Å². The third kappa shape index (κ3) is 3.48. The molecule has 2 aliphatic heterocycles. The molecule has 0 unspecified atom stereocenters. The average Bonchev–Trinajstić information content (AvgIpc) is 3.09. The number of hydrogen-bond donors (Lipinski definition) is 0. The van der Waals surface area contributed by atoms with Crippen molar-refractivity contribution in [3.8, 4) is 11.5 Å². The molecule has 5 rings (SSSR count). The van der Waals surface area contributed by atoms with Gasteiger partial charge in [0, 0.05) is 13.1 Å². The highest BCUT2D eigenvalue weighted by atomic mass is 16.5. The molecule has 0 N–H and O–H groups in total. The van der Waals surface area contributed by atoms with Crippen molar-refractivity contribution in [1.29, 1.82) is 0 Å². The highest BCUT2D eigenvalue weighted by Gasteiger charge is 2.43. The molecule has 0 aliphatic carbocycles. The number of carbonyl (C=O) groups excluding carboxylic acids is 2. The molecule has 0 bridgehead atoms. The van der Waals surface area contributed by atoms with Crippen LogP contribution in [0.1, 0.15) is 17.5 Å². The number of imide groups is 1. The van der Waals surface area contributed by atoms with Gasteiger partial charge in [-0.2, -0.15) is 0 Å². The Bertz CT molecular complexity index is 1080. The molecular weight excluding hydrogens is 376 g/mol. The molecule has 0 radical (unpaired) electrons. The molecular formula is C25H22N2O3. The second-order valence-electron chi connectivity index (χ2n) is 7.69. The maximum atomic E-state index is 13.1. The van der Waals surface area contributed by atoms with Crippen LogP contribution in [0, 0.1) is 0 Å². The van der Waals surface area contributed by atoms with Crippen LogP contribution in [0.25, 0.3) is 0 Å². The molecule has 2 amide bonds. The fraction of sp³-hybridized carbons (Fsp3) is 0.200. The van der Waals surface area contributed by atoms with Crippen molar-refractivity contribution in [1.82, 2.24) is 4.90 Å². The van der Waals surface area contributed by atoms with E-state index in [0.717, 1.165) is 18.7 Å². The highest BCUT2D eigenvalue weighted by Crippen LogP contribution is 2.31. The van der Waals surface area contributed by atoms with Crippen molar-refractivity contribution >= 4 is 17.5 Å². The first-order valence-corrected chi connectivity index (χ1v) is 10.2. The van der Waals surface area contributed by atoms with Gasteiger partial charge in [-0.25, -0.2) is 4.90 Å². The fourth-order valence-electron chi connectivity index (χ4n) is 4.24. The van der Waals surface area contributed by atoms with Gasteiger partial charge in [-0.3, -0.25) is 14.5 Å². The summed E-state index contributed by atoms with van der Waals surface area (Å²) in [5.74, 6) is 1.11. The van der Waals surface area contributed by atoms with E-state index in [2.05, 4.69) is 17.0 Å². The van der Waals surface area contributed by atoms with Gasteiger partial charge in [-0.05, 0) is 53.9 Å². The van der Waals surface area contributed by atoms with Crippen LogP contribution in [0.5, 0.6) is 11.5 Å². The Hall–Kier alpha value is -3.44. The molecule has 5 nitrogen and oxygen atoms in total. The first-order valence-electron chi connectivity index (χ1n) is 10.2. The van der Waals surface area contributed by atoms with E-state index in [1.807, 2.05) is 42.5 Å². The SMILES string of the molecule is O=C1C[C@@H](N2CCc3ccccc3C2)C(=O)N1c1ccc(Oc2ccccc2)cc1. The maximum absolute atomic E-state index is 13.1. The summed E-state index contributed by atoms with van der Waals surface area (Å²) in [4.78, 5) is 29.3. The summed E-state index contributed by atoms with van der Waals surface area (Å²) >= 11 is 0. The van der Waals surface area contributed by atoms with Crippen molar-refractivity contribution in [2.75, 3.05) is 11.4 Å². The molecule has 2 heterocycles. The average molecular weight is 398 g/mol. The third-order valence-corrected chi connectivity index (χ3v) is 5.80. The van der Waals surface area contributed by atoms with Gasteiger partial charge < -0.3 is 4.74 Å². The lowest BCUT2D eigenvalue weighted by Gasteiger charge is -2.32. The second-order valence-corrected chi connectivity index (χ2v) is 7.69. The number of benzene rings is 3. The Morgan fingerprint density at radius 2 is 1.43 bits per heavy atom. The first kappa shape index (κ1) is 18.6. The molecule has 0 aromatic heterocycles. The van der Waals surface area contributed by atoms with Crippen molar-refractivity contribution in [3.05, 3.63) is 90.0 Å². The van der Waals surface area contributed by atoms with Crippen molar-refractivity contribution < 1.29 is 14.3 Å². The molecule has 150 valence electrons. The molecule has 2 aliphatic rings. The van der Waals surface area contributed by atoms with E-state index in [4.69, 9.17) is 4.74 Å². The number of amides is 2. The van der Waals surface area contributed by atoms with Gasteiger partial charge in [-0.15, -0.1) is 0 Å². The van der Waals surface area contributed by atoms with Crippen LogP contribution in [-0.2, 0) is 22.6 Å². The first-order chi connectivity index (χ1) is 14.7. The predicted octanol–water partition coefficient (Wildman–Crippen LogP) is 4.17. The van der Waals surface area contributed by atoms with Gasteiger partial charge in [0.2, 0.25) is 5.91 Å². The molecule has 3 aromatic carbocycles. The standard InChI is InChI=1S/C25H22N2O3/c28-24-16-23(26-15-14-18-6-4-5-7-19(18)17-26)25(29)27(24)20-10-12-22(13-11-20)30-21-8-2-1-3-9-21/h1-13,23H,14-17H2/t23-/m1/s1. The van der Waals surface area contributed by atoms with Gasteiger partial charge in [0.05, 0.1) is 18.2 Å². The summed E-state index contributed by atoms with van der Waals surface area (Å²) in [5, 5.41) is 0. The lowest BCUT2D eigenvalue weighted by Crippen LogP contribution is -2.44. The number of hydrogen-bond acceptors (Lipinski definition) is 4. The number of fused-ring (bicyclic) bond motifs is 1. The smallest absolute Gasteiger partial charge is 0.251 e. The van der Waals surface area contributed by atoms with Gasteiger partial charge in [-0.1, -0.05) is 42.5 Å². The zero-order valence-corrected chi connectivity index (χ0v) is 16.5. The Morgan fingerprint density at radius 1 is 0.767 bits per heavy atom. The van der Waals surface area contributed by atoms with Crippen molar-refractivity contribution in [2.24, 2.45) is 0 Å². The van der Waals surface area contributed by atoms with E-state index in [0.29, 0.717) is 18.0 Å². The Balaban J connectivity index is 1.31. The minimum absolute atomic E-state index is 0.142. The summed E-state index contributed by atoms with van der Waals surface area (Å²) < 4.78 is 5.80. The minimum Gasteiger partial charge on any atom is -0.457 e. The van der Waals surface area contributed by atoms with Crippen molar-refractivity contribution in [3.63, 3.8) is 0 Å². The van der Waals surface area contributed by atoms with Crippen LogP contribution in [0.15, 0.2) is 78.9 Å². The molecule has 0 saturated carbocycles. The fourth-order valence-corrected chi connectivity index (χ4v) is 4.24. The van der Waals surface area contributed by atoms with Gasteiger partial charge in [0.25, 0.3) is 5.91 Å². The molecule has 1 atom stereocenters. The van der Waals surface area contributed by atoms with E-state index in [9.17, 15) is 9.59 Å². The van der Waals surface area contributed by atoms with Crippen LogP contribution in [-0.4, -0.2) is 29.3 Å². The van der Waals surface area contributed by atoms with Crippen LogP contribution in [0.3, 0.4) is 0 Å². The normalized spacial score (nSPS) is 19.1. The monoisotopic (exact) mass is 398 g/mol. The molecule has 0 spiro atoms. The Morgan fingerprint density at radius 3 is 2.20 bits per heavy atom. The van der Waals surface area contributed by atoms with Crippen LogP contribution in [0.4, 0.5) is 5.69 Å². The number of anilines is 1. The van der Waals surface area contributed by atoms with Gasteiger partial charge in [0.15, 0.2) is 0 Å². The van der Waals surface area contributed by atoms with Crippen LogP contribution in [0.2, 0.25) is 0 Å². The number of para-hydroxylation sites is 1. The summed E-state index contributed by atoms with van der Waals surface area (Å²) in [7, 11) is 0. The number of ether oxygens (including phenoxy) is 1. The molecule has 1 fully saturated rings. The summed E-state index contributed by atoms with van der Waals surface area (Å²) in [6.45, 7) is 1.50. The van der Waals surface area contributed by atoms with Crippen LogP contribution >= 0.6 is 0 Å². The molecule has 30 heavy (non-hydrogen) atoms. The molecule has 1 saturated heterocycles. The second kappa shape index (κ2) is 7.76. The Labute approximate surface area is 175 Å². The molecule has 5 heteroatoms. The van der Waals surface area contributed by atoms with Crippen molar-refractivity contribution in [2.45, 2.75) is 25.4 Å². The predicted molar refractivity (Wildman–Crippen MR) is 114 cm³/mol. The van der Waals surface area contributed by atoms with E-state index in [1.54, 1.807) is 24.3 Å². The molecule has 3 aromatic rings. The van der Waals surface area contributed by atoms with Crippen LogP contribution < -0.4 is 9.64 Å². The van der Waals surface area contributed by atoms with Gasteiger partial charge in [0.1, 0.15) is 11.5 Å². The summed E-state index contributed by atoms with van der Waals surface area (Å²) in [6, 6.07) is 24.5. The summed E-state index contributed by atoms with van der Waals surface area (Å²) in [5.41, 5.74) is 3.16. The highest BCUT2D eigenvalue weighted by molar-refractivity contribution is 6.22.